The van der Waals surface area contributed by atoms with Crippen LogP contribution < -0.4 is 5.32 Å². The monoisotopic (exact) mass is 1310 g/mol. The Morgan fingerprint density at radius 1 is 0.398 bits per heavy atom. The lowest BCUT2D eigenvalue weighted by Gasteiger charge is -2.48. The van der Waals surface area contributed by atoms with Crippen LogP contribution in [0, 0.1) is 0 Å². The summed E-state index contributed by atoms with van der Waals surface area (Å²) in [7, 11) is 0. The van der Waals surface area contributed by atoms with Crippen LogP contribution in [0.15, 0.2) is 134 Å². The van der Waals surface area contributed by atoms with E-state index in [2.05, 4.69) is 141 Å². The molecule has 0 aliphatic carbocycles. The van der Waals surface area contributed by atoms with Crippen LogP contribution in [0.4, 0.5) is 0 Å². The molecule has 3 fully saturated rings. The molecule has 3 aliphatic rings. The minimum Gasteiger partial charge on any atom is -0.394 e. The topological polar surface area (TPSA) is 307 Å². The molecule has 3 rings (SSSR count). The highest BCUT2D eigenvalue weighted by Gasteiger charge is 2.53. The second kappa shape index (κ2) is 54.0. The molecule has 0 saturated carbocycles. The first kappa shape index (κ1) is 83.2. The van der Waals surface area contributed by atoms with Crippen molar-refractivity contribution in [3.8, 4) is 0 Å². The van der Waals surface area contributed by atoms with Gasteiger partial charge in [0.25, 0.3) is 0 Å². The lowest BCUT2D eigenvalue weighted by Crippen LogP contribution is -2.66. The Labute approximate surface area is 556 Å². The van der Waals surface area contributed by atoms with Crippen LogP contribution in [-0.2, 0) is 33.2 Å². The van der Waals surface area contributed by atoms with Crippen molar-refractivity contribution in [2.45, 2.75) is 298 Å². The maximum atomic E-state index is 13.4. The summed E-state index contributed by atoms with van der Waals surface area (Å²) in [4.78, 5) is 13.4. The first-order valence-electron chi connectivity index (χ1n) is 34.9. The molecule has 0 bridgehead atoms. The third-order valence-corrected chi connectivity index (χ3v) is 16.5. The van der Waals surface area contributed by atoms with Gasteiger partial charge in [-0.3, -0.25) is 4.79 Å². The summed E-state index contributed by atoms with van der Waals surface area (Å²) < 4.78 is 34.3. The lowest BCUT2D eigenvalue weighted by atomic mass is 9.96. The standard InChI is InChI=1S/C74H121NO18/c1-3-5-7-9-11-13-15-16-17-18-19-20-21-22-23-24-25-26-27-28-29-30-31-32-33-34-35-36-37-38-39-40-42-44-46-48-50-52-62(80)75-57(58(79)51-49-47-45-43-41-14-12-10-8-6-4-2)56-88-72-68(86)65(83)70(60(54-77)90-72)93-74-69(87)66(84)71(61(55-78)91-74)92-73-67(85)64(82)63(81)59(53-76)89-73/h5,7,11,13,16-17,19-20,22-23,25-26,28-29,31-32,34-35,37-38,49,51,57-61,63-74,76-79,81-87H,3-4,6,8-10,12,14-15,18,21,24,27,30,33,36,39-48,50,52-56H2,1-2H3,(H,75,80)/b7-5-,13-11-,17-16-,20-19-,23-22-,26-25-,29-28-,32-31-,35-34-,38-37-,51-49+. The van der Waals surface area contributed by atoms with E-state index in [1.165, 1.54) is 38.5 Å². The summed E-state index contributed by atoms with van der Waals surface area (Å²) >= 11 is 0. The molecule has 1 amide bonds. The smallest absolute Gasteiger partial charge is 0.220 e. The van der Waals surface area contributed by atoms with Crippen molar-refractivity contribution < 1.29 is 89.4 Å². The molecular weight excluding hydrogens is 1190 g/mol. The molecule has 0 aromatic heterocycles. The Morgan fingerprint density at radius 3 is 1.16 bits per heavy atom. The Hall–Kier alpha value is -4.07. The van der Waals surface area contributed by atoms with Crippen LogP contribution in [0.1, 0.15) is 194 Å². The van der Waals surface area contributed by atoms with Crippen LogP contribution in [0.3, 0.4) is 0 Å². The number of aliphatic hydroxyl groups excluding tert-OH is 11. The number of amides is 1. The number of ether oxygens (including phenoxy) is 6. The summed E-state index contributed by atoms with van der Waals surface area (Å²) in [6, 6.07) is -0.990. The number of hydrogen-bond acceptors (Lipinski definition) is 18. The molecule has 17 unspecified atom stereocenters. The highest BCUT2D eigenvalue weighted by Crippen LogP contribution is 2.33. The van der Waals surface area contributed by atoms with Gasteiger partial charge in [-0.15, -0.1) is 0 Å². The minimum absolute atomic E-state index is 0.217. The van der Waals surface area contributed by atoms with Crippen LogP contribution >= 0.6 is 0 Å². The van der Waals surface area contributed by atoms with Gasteiger partial charge in [-0.25, -0.2) is 0 Å². The molecule has 530 valence electrons. The van der Waals surface area contributed by atoms with Crippen molar-refractivity contribution in [2.75, 3.05) is 26.4 Å². The predicted octanol–water partition coefficient (Wildman–Crippen LogP) is 9.38. The zero-order chi connectivity index (χ0) is 67.5. The van der Waals surface area contributed by atoms with Gasteiger partial charge >= 0.3 is 0 Å². The van der Waals surface area contributed by atoms with Gasteiger partial charge in [-0.05, 0) is 96.3 Å². The van der Waals surface area contributed by atoms with E-state index in [1.807, 2.05) is 6.08 Å². The molecular formula is C74H121NO18. The van der Waals surface area contributed by atoms with Crippen molar-refractivity contribution in [1.29, 1.82) is 0 Å². The molecule has 19 nitrogen and oxygen atoms in total. The van der Waals surface area contributed by atoms with Crippen molar-refractivity contribution >= 4 is 5.91 Å². The number of hydrogen-bond donors (Lipinski definition) is 12. The Morgan fingerprint density at radius 2 is 0.742 bits per heavy atom. The second-order valence-electron chi connectivity index (χ2n) is 24.3. The maximum Gasteiger partial charge on any atom is 0.220 e. The minimum atomic E-state index is -1.99. The fourth-order valence-corrected chi connectivity index (χ4v) is 10.8. The zero-order valence-corrected chi connectivity index (χ0v) is 55.9. The van der Waals surface area contributed by atoms with Gasteiger partial charge < -0.3 is 89.9 Å². The third kappa shape index (κ3) is 35.7. The van der Waals surface area contributed by atoms with Crippen molar-refractivity contribution in [3.63, 3.8) is 0 Å². The fraction of sp³-hybridized carbons (Fsp3) is 0.689. The molecule has 3 aliphatic heterocycles. The summed E-state index contributed by atoms with van der Waals surface area (Å²) in [6.07, 6.45) is 48.7. The number of nitrogens with one attached hydrogen (secondary N) is 1. The van der Waals surface area contributed by atoms with Crippen molar-refractivity contribution in [2.24, 2.45) is 0 Å². The molecule has 0 aromatic carbocycles. The lowest BCUT2D eigenvalue weighted by molar-refractivity contribution is -0.379. The third-order valence-electron chi connectivity index (χ3n) is 16.5. The summed E-state index contributed by atoms with van der Waals surface area (Å²) in [5.41, 5.74) is 0. The molecule has 12 N–H and O–H groups in total. The molecule has 3 saturated heterocycles. The Bertz CT molecular complexity index is 2210. The number of carbonyl (C=O) groups is 1. The number of aliphatic hydroxyl groups is 11. The summed E-state index contributed by atoms with van der Waals surface area (Å²) in [5, 5.41) is 120. The number of allylic oxidation sites excluding steroid dienone is 21. The SMILES string of the molecule is CC/C=C\C/C=C\C/C=C\C/C=C\C/C=C\C/C=C\C/C=C\C/C=C\C/C=C\C/C=C\CCCCCCCCC(=O)NC(COC1OC(CO)C(OC2OC(CO)C(OC3OC(CO)C(O)C(O)C3O)C(O)C2O)C(O)C1O)C(O)/C=C/CCCCCCCCCCC. The summed E-state index contributed by atoms with van der Waals surface area (Å²) in [5.74, 6) is -0.298. The maximum absolute atomic E-state index is 13.4. The Balaban J connectivity index is 1.36. The Kier molecular flexibility index (Phi) is 48.3. The molecule has 19 heteroatoms. The average Bonchev–Trinajstić information content (AvgIpc) is 0.805. The van der Waals surface area contributed by atoms with E-state index < -0.39 is 124 Å². The highest BCUT2D eigenvalue weighted by atomic mass is 16.8. The van der Waals surface area contributed by atoms with Crippen LogP contribution in [0.5, 0.6) is 0 Å². The van der Waals surface area contributed by atoms with Crippen LogP contribution in [0.25, 0.3) is 0 Å². The molecule has 93 heavy (non-hydrogen) atoms. The number of carbonyl (C=O) groups excluding carboxylic acids is 1. The fourth-order valence-electron chi connectivity index (χ4n) is 10.8. The van der Waals surface area contributed by atoms with Gasteiger partial charge in [0.15, 0.2) is 18.9 Å². The molecule has 0 spiro atoms. The van der Waals surface area contributed by atoms with E-state index >= 15 is 0 Å². The van der Waals surface area contributed by atoms with E-state index in [4.69, 9.17) is 28.4 Å². The van der Waals surface area contributed by atoms with E-state index in [0.29, 0.717) is 6.42 Å². The van der Waals surface area contributed by atoms with E-state index in [-0.39, 0.29) is 18.9 Å². The second-order valence-corrected chi connectivity index (χ2v) is 24.3. The van der Waals surface area contributed by atoms with Gasteiger partial charge in [0.1, 0.15) is 73.2 Å². The molecule has 0 aromatic rings. The number of unbranched alkanes of at least 4 members (excludes halogenated alkanes) is 15. The first-order valence-corrected chi connectivity index (χ1v) is 34.9. The van der Waals surface area contributed by atoms with Gasteiger partial charge in [0.2, 0.25) is 5.91 Å². The largest absolute Gasteiger partial charge is 0.394 e. The van der Waals surface area contributed by atoms with Gasteiger partial charge in [0.05, 0.1) is 38.6 Å². The highest BCUT2D eigenvalue weighted by molar-refractivity contribution is 5.76. The van der Waals surface area contributed by atoms with Crippen LogP contribution in [-0.4, -0.2) is 193 Å². The number of rotatable bonds is 51. The van der Waals surface area contributed by atoms with Crippen LogP contribution in [0.2, 0.25) is 0 Å². The van der Waals surface area contributed by atoms with E-state index in [9.17, 15) is 61.0 Å². The van der Waals surface area contributed by atoms with Crippen molar-refractivity contribution in [3.05, 3.63) is 134 Å². The summed E-state index contributed by atoms with van der Waals surface area (Å²) in [6.45, 7) is 1.55. The first-order chi connectivity index (χ1) is 45.3. The van der Waals surface area contributed by atoms with E-state index in [1.54, 1.807) is 6.08 Å². The van der Waals surface area contributed by atoms with Gasteiger partial charge in [-0.1, -0.05) is 225 Å². The quantitative estimate of drug-likeness (QED) is 0.0199. The molecule has 0 radical (unpaired) electrons. The molecule has 3 heterocycles. The normalized spacial score (nSPS) is 28.4. The zero-order valence-electron chi connectivity index (χ0n) is 55.9. The molecule has 17 atom stereocenters. The van der Waals surface area contributed by atoms with Gasteiger partial charge in [0, 0.05) is 6.42 Å². The average molecular weight is 1310 g/mol. The van der Waals surface area contributed by atoms with Gasteiger partial charge in [-0.2, -0.15) is 0 Å². The van der Waals surface area contributed by atoms with E-state index in [0.717, 1.165) is 128 Å². The van der Waals surface area contributed by atoms with Crippen molar-refractivity contribution in [1.82, 2.24) is 5.32 Å². The predicted molar refractivity (Wildman–Crippen MR) is 364 cm³/mol.